The summed E-state index contributed by atoms with van der Waals surface area (Å²) < 4.78 is 7.44. The zero-order valence-electron chi connectivity index (χ0n) is 18.0. The lowest BCUT2D eigenvalue weighted by atomic mass is 10.0. The maximum atomic E-state index is 13.8. The maximum absolute atomic E-state index is 13.8. The number of aromatic amines is 1. The standard InChI is InChI=1S/C25H23N5O2/c1-15(2)30-24-18(13-26-30)17(12-22(28-24)23-8-5-11-32-23)25(31)29-10-9-21-19(14-29)16-6-3-4-7-20(16)27-21/h3-8,11-13,15,27H,9-10,14H2,1-2H3. The number of nitrogens with one attached hydrogen (secondary N) is 1. The van der Waals surface area contributed by atoms with Gasteiger partial charge >= 0.3 is 0 Å². The van der Waals surface area contributed by atoms with E-state index in [4.69, 9.17) is 9.40 Å². The number of nitrogens with zero attached hydrogens (tertiary/aromatic N) is 4. The molecule has 160 valence electrons. The Morgan fingerprint density at radius 2 is 2.03 bits per heavy atom. The second-order valence-electron chi connectivity index (χ2n) is 8.56. The highest BCUT2D eigenvalue weighted by molar-refractivity contribution is 6.06. The van der Waals surface area contributed by atoms with Crippen molar-refractivity contribution >= 4 is 27.8 Å². The molecule has 0 radical (unpaired) electrons. The van der Waals surface area contributed by atoms with Gasteiger partial charge in [-0.3, -0.25) is 4.79 Å². The minimum absolute atomic E-state index is 0.00977. The summed E-state index contributed by atoms with van der Waals surface area (Å²) in [5, 5.41) is 6.47. The molecule has 5 heterocycles. The van der Waals surface area contributed by atoms with Crippen molar-refractivity contribution in [3.8, 4) is 11.5 Å². The van der Waals surface area contributed by atoms with Crippen molar-refractivity contribution in [3.05, 3.63) is 71.7 Å². The summed E-state index contributed by atoms with van der Waals surface area (Å²) in [5.74, 6) is 0.624. The van der Waals surface area contributed by atoms with Crippen LogP contribution < -0.4 is 0 Å². The van der Waals surface area contributed by atoms with Crippen LogP contribution in [0.3, 0.4) is 0 Å². The molecule has 0 unspecified atom stereocenters. The Labute approximate surface area is 184 Å². The van der Waals surface area contributed by atoms with E-state index in [2.05, 4.69) is 36.1 Å². The van der Waals surface area contributed by atoms with E-state index < -0.39 is 0 Å². The van der Waals surface area contributed by atoms with Crippen LogP contribution in [0.2, 0.25) is 0 Å². The number of hydrogen-bond acceptors (Lipinski definition) is 4. The van der Waals surface area contributed by atoms with Crippen LogP contribution in [0.25, 0.3) is 33.4 Å². The van der Waals surface area contributed by atoms with Gasteiger partial charge in [0.1, 0.15) is 5.69 Å². The molecule has 7 heteroatoms. The lowest BCUT2D eigenvalue weighted by Crippen LogP contribution is -2.36. The summed E-state index contributed by atoms with van der Waals surface area (Å²) in [6.07, 6.45) is 4.18. The van der Waals surface area contributed by atoms with Crippen LogP contribution in [0.5, 0.6) is 0 Å². The predicted octanol–water partition coefficient (Wildman–Crippen LogP) is 4.95. The van der Waals surface area contributed by atoms with Crippen molar-refractivity contribution in [1.82, 2.24) is 24.6 Å². The van der Waals surface area contributed by atoms with E-state index in [1.54, 1.807) is 12.5 Å². The topological polar surface area (TPSA) is 80.0 Å². The molecular formula is C25H23N5O2. The quantitative estimate of drug-likeness (QED) is 0.443. The highest BCUT2D eigenvalue weighted by Crippen LogP contribution is 2.31. The first-order valence-electron chi connectivity index (χ1n) is 10.9. The summed E-state index contributed by atoms with van der Waals surface area (Å²) >= 11 is 0. The predicted molar refractivity (Wildman–Crippen MR) is 122 cm³/mol. The number of H-pyrrole nitrogens is 1. The third-order valence-corrected chi connectivity index (χ3v) is 6.23. The van der Waals surface area contributed by atoms with Crippen LogP contribution >= 0.6 is 0 Å². The van der Waals surface area contributed by atoms with Gasteiger partial charge in [0, 0.05) is 47.7 Å². The van der Waals surface area contributed by atoms with Crippen LogP contribution in [-0.4, -0.2) is 37.1 Å². The number of fused-ring (bicyclic) bond motifs is 4. The van der Waals surface area contributed by atoms with Gasteiger partial charge in [-0.15, -0.1) is 0 Å². The fourth-order valence-corrected chi connectivity index (χ4v) is 4.63. The van der Waals surface area contributed by atoms with E-state index in [1.165, 1.54) is 16.6 Å². The molecule has 0 saturated heterocycles. The van der Waals surface area contributed by atoms with Gasteiger partial charge in [-0.2, -0.15) is 5.10 Å². The number of hydrogen-bond donors (Lipinski definition) is 1. The summed E-state index contributed by atoms with van der Waals surface area (Å²) in [6, 6.07) is 13.9. The largest absolute Gasteiger partial charge is 0.463 e. The van der Waals surface area contributed by atoms with Crippen molar-refractivity contribution in [1.29, 1.82) is 0 Å². The molecule has 4 aromatic heterocycles. The number of para-hydroxylation sites is 1. The van der Waals surface area contributed by atoms with Crippen molar-refractivity contribution in [3.63, 3.8) is 0 Å². The first-order chi connectivity index (χ1) is 15.6. The molecule has 1 aliphatic heterocycles. The van der Waals surface area contributed by atoms with Crippen molar-refractivity contribution in [2.45, 2.75) is 32.9 Å². The SMILES string of the molecule is CC(C)n1ncc2c(C(=O)N3CCc4[nH]c5ccccc5c4C3)cc(-c3ccco3)nc21. The number of pyridine rings is 1. The van der Waals surface area contributed by atoms with E-state index in [0.29, 0.717) is 35.8 Å². The second-order valence-corrected chi connectivity index (χ2v) is 8.56. The number of aromatic nitrogens is 4. The molecule has 1 aromatic carbocycles. The molecule has 1 aliphatic rings. The smallest absolute Gasteiger partial charge is 0.255 e. The Bertz CT molecular complexity index is 1460. The summed E-state index contributed by atoms with van der Waals surface area (Å²) in [7, 11) is 0. The minimum Gasteiger partial charge on any atom is -0.463 e. The molecule has 1 amide bonds. The fourth-order valence-electron chi connectivity index (χ4n) is 4.63. The van der Waals surface area contributed by atoms with Gasteiger partial charge in [-0.05, 0) is 38.1 Å². The first-order valence-corrected chi connectivity index (χ1v) is 10.9. The molecule has 0 atom stereocenters. The number of carbonyl (C=O) groups excluding carboxylic acids is 1. The average Bonchev–Trinajstić information content (AvgIpc) is 3.55. The third kappa shape index (κ3) is 2.85. The van der Waals surface area contributed by atoms with E-state index in [0.717, 1.165) is 17.3 Å². The number of amides is 1. The molecule has 0 saturated carbocycles. The molecular weight excluding hydrogens is 402 g/mol. The van der Waals surface area contributed by atoms with Crippen LogP contribution in [0.4, 0.5) is 0 Å². The Kier molecular flexibility index (Phi) is 4.18. The van der Waals surface area contributed by atoms with E-state index in [9.17, 15) is 4.79 Å². The number of rotatable bonds is 3. The number of furan rings is 1. The zero-order chi connectivity index (χ0) is 21.8. The lowest BCUT2D eigenvalue weighted by molar-refractivity contribution is 0.0737. The molecule has 0 aliphatic carbocycles. The molecule has 5 aromatic rings. The molecule has 0 fully saturated rings. The van der Waals surface area contributed by atoms with Gasteiger partial charge in [0.25, 0.3) is 5.91 Å². The van der Waals surface area contributed by atoms with Crippen LogP contribution in [0.15, 0.2) is 59.3 Å². The van der Waals surface area contributed by atoms with Crippen LogP contribution in [-0.2, 0) is 13.0 Å². The first kappa shape index (κ1) is 18.9. The summed E-state index contributed by atoms with van der Waals surface area (Å²) in [4.78, 5) is 24.0. The second kappa shape index (κ2) is 7.09. The Morgan fingerprint density at radius 1 is 1.16 bits per heavy atom. The normalized spacial score (nSPS) is 13.9. The van der Waals surface area contributed by atoms with Crippen molar-refractivity contribution < 1.29 is 9.21 Å². The highest BCUT2D eigenvalue weighted by atomic mass is 16.3. The van der Waals surface area contributed by atoms with Gasteiger partial charge in [-0.1, -0.05) is 18.2 Å². The van der Waals surface area contributed by atoms with Crippen LogP contribution in [0.1, 0.15) is 41.5 Å². The lowest BCUT2D eigenvalue weighted by Gasteiger charge is -2.27. The van der Waals surface area contributed by atoms with Crippen molar-refractivity contribution in [2.24, 2.45) is 0 Å². The van der Waals surface area contributed by atoms with Gasteiger partial charge < -0.3 is 14.3 Å². The molecule has 32 heavy (non-hydrogen) atoms. The molecule has 0 spiro atoms. The van der Waals surface area contributed by atoms with Gasteiger partial charge in [0.15, 0.2) is 11.4 Å². The van der Waals surface area contributed by atoms with Gasteiger partial charge in [-0.25, -0.2) is 9.67 Å². The van der Waals surface area contributed by atoms with Gasteiger partial charge in [0.05, 0.1) is 23.4 Å². The number of carbonyl (C=O) groups is 1. The van der Waals surface area contributed by atoms with E-state index in [-0.39, 0.29) is 11.9 Å². The molecule has 0 bridgehead atoms. The monoisotopic (exact) mass is 425 g/mol. The van der Waals surface area contributed by atoms with Gasteiger partial charge in [0.2, 0.25) is 0 Å². The molecule has 1 N–H and O–H groups in total. The van der Waals surface area contributed by atoms with Crippen molar-refractivity contribution in [2.75, 3.05) is 6.54 Å². The molecule has 7 nitrogen and oxygen atoms in total. The number of benzene rings is 1. The average molecular weight is 425 g/mol. The molecule has 6 rings (SSSR count). The zero-order valence-corrected chi connectivity index (χ0v) is 18.0. The highest BCUT2D eigenvalue weighted by Gasteiger charge is 2.27. The van der Waals surface area contributed by atoms with Crippen LogP contribution in [0, 0.1) is 0 Å². The fraction of sp³-hybridized carbons (Fsp3) is 0.240. The minimum atomic E-state index is -0.00977. The van der Waals surface area contributed by atoms with E-state index in [1.807, 2.05) is 39.9 Å². The third-order valence-electron chi connectivity index (χ3n) is 6.23. The maximum Gasteiger partial charge on any atom is 0.255 e. The Balaban J connectivity index is 1.45. The van der Waals surface area contributed by atoms with E-state index >= 15 is 0 Å². The summed E-state index contributed by atoms with van der Waals surface area (Å²) in [5.41, 5.74) is 5.49. The summed E-state index contributed by atoms with van der Waals surface area (Å²) in [6.45, 7) is 5.35. The Hall–Kier alpha value is -3.87. The Morgan fingerprint density at radius 3 is 2.84 bits per heavy atom.